The van der Waals surface area contributed by atoms with Gasteiger partial charge in [-0.25, -0.2) is 4.79 Å². The van der Waals surface area contributed by atoms with Crippen LogP contribution in [0.1, 0.15) is 24.2 Å². The fourth-order valence-electron chi connectivity index (χ4n) is 1.92. The van der Waals surface area contributed by atoms with Gasteiger partial charge in [0.1, 0.15) is 5.75 Å². The number of carbonyl (C=O) groups is 2. The lowest BCUT2D eigenvalue weighted by Gasteiger charge is -2.15. The second kappa shape index (κ2) is 8.36. The number of anilines is 1. The Hall–Kier alpha value is -2.53. The molecule has 0 saturated heterocycles. The number of nitrogens with one attached hydrogen (secondary N) is 1. The monoisotopic (exact) mass is 347 g/mol. The first kappa shape index (κ1) is 17.8. The largest absolute Gasteiger partial charge is 0.481 e. The summed E-state index contributed by atoms with van der Waals surface area (Å²) >= 11 is 5.81. The van der Waals surface area contributed by atoms with E-state index in [-0.39, 0.29) is 5.91 Å². The van der Waals surface area contributed by atoms with Crippen molar-refractivity contribution < 1.29 is 19.1 Å². The molecule has 1 amide bonds. The number of ether oxygens (including phenoxy) is 2. The quantitative estimate of drug-likeness (QED) is 0.804. The standard InChI is InChI=1S/C18H18ClNO4/c1-3-23-18(22)13-4-8-15(9-5-13)20-17(21)12(2)24-16-10-6-14(19)7-11-16/h4-12H,3H2,1-2H3,(H,20,21)/t12-/m1/s1. The highest BCUT2D eigenvalue weighted by Crippen LogP contribution is 2.17. The molecule has 5 nitrogen and oxygen atoms in total. The van der Waals surface area contributed by atoms with Crippen LogP contribution in [0.15, 0.2) is 48.5 Å². The Labute approximate surface area is 145 Å². The van der Waals surface area contributed by atoms with Gasteiger partial charge in [-0.15, -0.1) is 0 Å². The molecule has 0 aliphatic carbocycles. The van der Waals surface area contributed by atoms with E-state index in [1.54, 1.807) is 62.4 Å². The van der Waals surface area contributed by atoms with Crippen LogP contribution in [0.25, 0.3) is 0 Å². The van der Waals surface area contributed by atoms with Crippen LogP contribution in [0, 0.1) is 0 Å². The van der Waals surface area contributed by atoms with E-state index in [2.05, 4.69) is 5.32 Å². The molecule has 0 aliphatic rings. The van der Waals surface area contributed by atoms with E-state index in [1.165, 1.54) is 0 Å². The average molecular weight is 348 g/mol. The second-order valence-corrected chi connectivity index (χ2v) is 5.44. The topological polar surface area (TPSA) is 64.6 Å². The molecule has 0 bridgehead atoms. The first-order valence-electron chi connectivity index (χ1n) is 7.50. The minimum Gasteiger partial charge on any atom is -0.481 e. The lowest BCUT2D eigenvalue weighted by molar-refractivity contribution is -0.122. The molecule has 0 fully saturated rings. The van der Waals surface area contributed by atoms with Crippen LogP contribution in [-0.4, -0.2) is 24.6 Å². The number of hydrogen-bond donors (Lipinski definition) is 1. The molecule has 6 heteroatoms. The smallest absolute Gasteiger partial charge is 0.338 e. The molecule has 0 unspecified atom stereocenters. The molecule has 0 radical (unpaired) electrons. The zero-order valence-electron chi connectivity index (χ0n) is 13.4. The minimum atomic E-state index is -0.684. The summed E-state index contributed by atoms with van der Waals surface area (Å²) in [5.41, 5.74) is 1.000. The van der Waals surface area contributed by atoms with Crippen molar-refractivity contribution in [3.05, 3.63) is 59.1 Å². The Balaban J connectivity index is 1.93. The van der Waals surface area contributed by atoms with E-state index in [1.807, 2.05) is 0 Å². The predicted molar refractivity (Wildman–Crippen MR) is 92.6 cm³/mol. The molecular formula is C18H18ClNO4. The van der Waals surface area contributed by atoms with E-state index in [4.69, 9.17) is 21.1 Å². The molecule has 1 atom stereocenters. The Bertz CT molecular complexity index is 698. The van der Waals surface area contributed by atoms with Gasteiger partial charge in [0.15, 0.2) is 6.10 Å². The van der Waals surface area contributed by atoms with Crippen molar-refractivity contribution >= 4 is 29.2 Å². The van der Waals surface area contributed by atoms with E-state index >= 15 is 0 Å². The summed E-state index contributed by atoms with van der Waals surface area (Å²) in [5.74, 6) is -0.136. The zero-order valence-corrected chi connectivity index (χ0v) is 14.2. The second-order valence-electron chi connectivity index (χ2n) is 5.00. The molecule has 1 N–H and O–H groups in total. The van der Waals surface area contributed by atoms with E-state index in [9.17, 15) is 9.59 Å². The van der Waals surface area contributed by atoms with E-state index in [0.717, 1.165) is 0 Å². The number of esters is 1. The first-order chi connectivity index (χ1) is 11.5. The number of rotatable bonds is 6. The summed E-state index contributed by atoms with van der Waals surface area (Å²) in [5, 5.41) is 3.33. The highest BCUT2D eigenvalue weighted by molar-refractivity contribution is 6.30. The number of hydrogen-bond acceptors (Lipinski definition) is 4. The van der Waals surface area contributed by atoms with Crippen LogP contribution >= 0.6 is 11.6 Å². The Kier molecular flexibility index (Phi) is 6.21. The molecular weight excluding hydrogens is 330 g/mol. The maximum absolute atomic E-state index is 12.2. The van der Waals surface area contributed by atoms with Crippen molar-refractivity contribution in [2.24, 2.45) is 0 Å². The summed E-state index contributed by atoms with van der Waals surface area (Å²) in [6.45, 7) is 3.71. The van der Waals surface area contributed by atoms with Gasteiger partial charge < -0.3 is 14.8 Å². The number of amides is 1. The van der Waals surface area contributed by atoms with Gasteiger partial charge in [0, 0.05) is 10.7 Å². The van der Waals surface area contributed by atoms with Gasteiger partial charge in [-0.05, 0) is 62.4 Å². The molecule has 2 aromatic rings. The number of carbonyl (C=O) groups excluding carboxylic acids is 2. The van der Waals surface area contributed by atoms with Gasteiger partial charge in [0.2, 0.25) is 0 Å². The predicted octanol–water partition coefficient (Wildman–Crippen LogP) is 3.92. The summed E-state index contributed by atoms with van der Waals surface area (Å²) in [6, 6.07) is 13.2. The molecule has 0 aromatic heterocycles. The van der Waals surface area contributed by atoms with Crippen molar-refractivity contribution in [1.82, 2.24) is 0 Å². The molecule has 0 aliphatic heterocycles. The Morgan fingerprint density at radius 3 is 2.29 bits per heavy atom. The Morgan fingerprint density at radius 1 is 1.08 bits per heavy atom. The lowest BCUT2D eigenvalue weighted by Crippen LogP contribution is -2.30. The Morgan fingerprint density at radius 2 is 1.71 bits per heavy atom. The van der Waals surface area contributed by atoms with Crippen LogP contribution < -0.4 is 10.1 Å². The van der Waals surface area contributed by atoms with Gasteiger partial charge in [0.25, 0.3) is 5.91 Å². The first-order valence-corrected chi connectivity index (χ1v) is 7.87. The third-order valence-electron chi connectivity index (χ3n) is 3.16. The maximum atomic E-state index is 12.2. The molecule has 0 saturated carbocycles. The third-order valence-corrected chi connectivity index (χ3v) is 3.41. The van der Waals surface area contributed by atoms with E-state index < -0.39 is 12.1 Å². The van der Waals surface area contributed by atoms with Crippen molar-refractivity contribution in [1.29, 1.82) is 0 Å². The average Bonchev–Trinajstić information content (AvgIpc) is 2.57. The SMILES string of the molecule is CCOC(=O)c1ccc(NC(=O)[C@@H](C)Oc2ccc(Cl)cc2)cc1. The molecule has 24 heavy (non-hydrogen) atoms. The maximum Gasteiger partial charge on any atom is 0.338 e. The fourth-order valence-corrected chi connectivity index (χ4v) is 2.04. The highest BCUT2D eigenvalue weighted by Gasteiger charge is 2.15. The summed E-state index contributed by atoms with van der Waals surface area (Å²) in [4.78, 5) is 23.7. The summed E-state index contributed by atoms with van der Waals surface area (Å²) < 4.78 is 10.5. The fraction of sp³-hybridized carbons (Fsp3) is 0.222. The van der Waals surface area contributed by atoms with Crippen LogP contribution in [0.4, 0.5) is 5.69 Å². The lowest BCUT2D eigenvalue weighted by atomic mass is 10.2. The summed E-state index contributed by atoms with van der Waals surface area (Å²) in [6.07, 6.45) is -0.684. The van der Waals surface area contributed by atoms with Crippen molar-refractivity contribution in [2.45, 2.75) is 20.0 Å². The molecule has 126 valence electrons. The van der Waals surface area contributed by atoms with Crippen molar-refractivity contribution in [3.8, 4) is 5.75 Å². The van der Waals surface area contributed by atoms with Crippen LogP contribution in [0.5, 0.6) is 5.75 Å². The molecule has 2 rings (SSSR count). The van der Waals surface area contributed by atoms with Gasteiger partial charge in [-0.1, -0.05) is 11.6 Å². The van der Waals surface area contributed by atoms with Crippen LogP contribution in [0.3, 0.4) is 0 Å². The van der Waals surface area contributed by atoms with Gasteiger partial charge >= 0.3 is 5.97 Å². The van der Waals surface area contributed by atoms with Gasteiger partial charge in [0.05, 0.1) is 12.2 Å². The molecule has 0 spiro atoms. The van der Waals surface area contributed by atoms with Crippen molar-refractivity contribution in [2.75, 3.05) is 11.9 Å². The number of benzene rings is 2. The molecule has 2 aromatic carbocycles. The minimum absolute atomic E-state index is 0.297. The van der Waals surface area contributed by atoms with Crippen molar-refractivity contribution in [3.63, 3.8) is 0 Å². The van der Waals surface area contributed by atoms with Crippen LogP contribution in [-0.2, 0) is 9.53 Å². The summed E-state index contributed by atoms with van der Waals surface area (Å²) in [7, 11) is 0. The van der Waals surface area contributed by atoms with E-state index in [0.29, 0.717) is 28.6 Å². The zero-order chi connectivity index (χ0) is 17.5. The van der Waals surface area contributed by atoms with Crippen LogP contribution in [0.2, 0.25) is 5.02 Å². The normalized spacial score (nSPS) is 11.5. The van der Waals surface area contributed by atoms with Gasteiger partial charge in [-0.3, -0.25) is 4.79 Å². The van der Waals surface area contributed by atoms with Gasteiger partial charge in [-0.2, -0.15) is 0 Å². The third kappa shape index (κ3) is 4.99. The molecule has 0 heterocycles. The number of halogens is 1. The highest BCUT2D eigenvalue weighted by atomic mass is 35.5.